The van der Waals surface area contributed by atoms with E-state index in [0.717, 1.165) is 18.8 Å². The Hall–Kier alpha value is -1.75. The van der Waals surface area contributed by atoms with E-state index in [1.54, 1.807) is 18.2 Å². The fraction of sp³-hybridized carbons (Fsp3) is 0.333. The molecule has 2 rings (SSSR count). The van der Waals surface area contributed by atoms with Gasteiger partial charge >= 0.3 is 0 Å². The molecular weight excluding hydrogens is 219 g/mol. The molecule has 0 atom stereocenters. The average molecular weight is 234 g/mol. The maximum Gasteiger partial charge on any atom is 0.166 e. The summed E-state index contributed by atoms with van der Waals surface area (Å²) in [7, 11) is 3.74. The van der Waals surface area contributed by atoms with E-state index in [-0.39, 0.29) is 5.82 Å². The van der Waals surface area contributed by atoms with E-state index in [4.69, 9.17) is 0 Å². The molecule has 1 aromatic carbocycles. The van der Waals surface area contributed by atoms with Gasteiger partial charge in [-0.1, -0.05) is 12.1 Å². The third kappa shape index (κ3) is 2.34. The summed E-state index contributed by atoms with van der Waals surface area (Å²) in [6.07, 6.45) is 0.772. The van der Waals surface area contributed by atoms with Gasteiger partial charge in [-0.2, -0.15) is 0 Å². The van der Waals surface area contributed by atoms with Crippen LogP contribution < -0.4 is 5.32 Å². The molecule has 90 valence electrons. The molecule has 0 spiro atoms. The van der Waals surface area contributed by atoms with Gasteiger partial charge < -0.3 is 9.88 Å². The molecule has 0 aliphatic heterocycles. The van der Waals surface area contributed by atoms with Gasteiger partial charge in [-0.25, -0.2) is 4.39 Å². The molecule has 0 radical (unpaired) electrons. The quantitative estimate of drug-likeness (QED) is 0.869. The van der Waals surface area contributed by atoms with E-state index in [0.29, 0.717) is 11.4 Å². The lowest BCUT2D eigenvalue weighted by Crippen LogP contribution is -2.13. The predicted octanol–water partition coefficient (Wildman–Crippen LogP) is 1.38. The van der Waals surface area contributed by atoms with Crippen LogP contribution in [0.3, 0.4) is 0 Å². The number of hydrogen-bond donors (Lipinski definition) is 1. The third-order valence-corrected chi connectivity index (χ3v) is 2.68. The van der Waals surface area contributed by atoms with Crippen molar-refractivity contribution >= 4 is 0 Å². The molecule has 1 heterocycles. The van der Waals surface area contributed by atoms with Gasteiger partial charge in [-0.3, -0.25) is 0 Å². The van der Waals surface area contributed by atoms with Crippen molar-refractivity contribution in [2.24, 2.45) is 7.05 Å². The molecule has 4 nitrogen and oxygen atoms in total. The lowest BCUT2D eigenvalue weighted by Gasteiger charge is -2.04. The van der Waals surface area contributed by atoms with Gasteiger partial charge in [0.25, 0.3) is 0 Å². The molecule has 0 bridgehead atoms. The first-order valence-corrected chi connectivity index (χ1v) is 5.52. The molecule has 0 amide bonds. The molecule has 1 aromatic heterocycles. The van der Waals surface area contributed by atoms with E-state index in [9.17, 15) is 4.39 Å². The lowest BCUT2D eigenvalue weighted by molar-refractivity contribution is 0.628. The largest absolute Gasteiger partial charge is 0.319 e. The summed E-state index contributed by atoms with van der Waals surface area (Å²) in [4.78, 5) is 0. The Balaban J connectivity index is 2.34. The van der Waals surface area contributed by atoms with Crippen LogP contribution >= 0.6 is 0 Å². The Morgan fingerprint density at radius 2 is 2.06 bits per heavy atom. The van der Waals surface area contributed by atoms with Crippen molar-refractivity contribution in [3.05, 3.63) is 35.9 Å². The summed E-state index contributed by atoms with van der Waals surface area (Å²) in [5.41, 5.74) is 0.484. The summed E-state index contributed by atoms with van der Waals surface area (Å²) in [5.74, 6) is 1.13. The number of likely N-dealkylation sites (N-methyl/N-ethyl adjacent to an activating group) is 1. The van der Waals surface area contributed by atoms with Crippen molar-refractivity contribution in [1.29, 1.82) is 0 Å². The maximum atomic E-state index is 13.6. The molecule has 0 unspecified atom stereocenters. The van der Waals surface area contributed by atoms with Gasteiger partial charge in [-0.05, 0) is 19.2 Å². The number of benzene rings is 1. The van der Waals surface area contributed by atoms with Crippen LogP contribution in [0.1, 0.15) is 5.82 Å². The Bertz CT molecular complexity index is 507. The molecule has 0 aliphatic carbocycles. The Morgan fingerprint density at radius 3 is 2.76 bits per heavy atom. The van der Waals surface area contributed by atoms with Gasteiger partial charge in [-0.15, -0.1) is 10.2 Å². The number of nitrogens with zero attached hydrogens (tertiary/aromatic N) is 3. The van der Waals surface area contributed by atoms with Crippen molar-refractivity contribution in [3.63, 3.8) is 0 Å². The highest BCUT2D eigenvalue weighted by atomic mass is 19.1. The van der Waals surface area contributed by atoms with Gasteiger partial charge in [0.05, 0.1) is 5.56 Å². The summed E-state index contributed by atoms with van der Waals surface area (Å²) in [5, 5.41) is 11.2. The van der Waals surface area contributed by atoms with Crippen LogP contribution in [0.25, 0.3) is 11.4 Å². The Labute approximate surface area is 99.5 Å². The molecule has 5 heteroatoms. The van der Waals surface area contributed by atoms with Gasteiger partial charge in [0.15, 0.2) is 5.82 Å². The van der Waals surface area contributed by atoms with Crippen molar-refractivity contribution in [3.8, 4) is 11.4 Å². The standard InChI is InChI=1S/C12H15FN4/c1-14-8-7-11-15-16-12(17(11)2)9-5-3-4-6-10(9)13/h3-6,14H,7-8H2,1-2H3. The van der Waals surface area contributed by atoms with Crippen LogP contribution in [-0.4, -0.2) is 28.4 Å². The normalized spacial score (nSPS) is 10.8. The second-order valence-electron chi connectivity index (χ2n) is 3.83. The number of nitrogens with one attached hydrogen (secondary N) is 1. The molecule has 0 saturated heterocycles. The highest BCUT2D eigenvalue weighted by Crippen LogP contribution is 2.20. The van der Waals surface area contributed by atoms with Crippen molar-refractivity contribution in [2.45, 2.75) is 6.42 Å². The highest BCUT2D eigenvalue weighted by molar-refractivity contribution is 5.55. The van der Waals surface area contributed by atoms with Crippen molar-refractivity contribution in [2.75, 3.05) is 13.6 Å². The number of rotatable bonds is 4. The van der Waals surface area contributed by atoms with Gasteiger partial charge in [0, 0.05) is 20.0 Å². The molecule has 0 fully saturated rings. The highest BCUT2D eigenvalue weighted by Gasteiger charge is 2.13. The average Bonchev–Trinajstić information content (AvgIpc) is 2.69. The Kier molecular flexibility index (Phi) is 3.49. The monoisotopic (exact) mass is 234 g/mol. The lowest BCUT2D eigenvalue weighted by atomic mass is 10.2. The van der Waals surface area contributed by atoms with Crippen LogP contribution in [0.2, 0.25) is 0 Å². The minimum Gasteiger partial charge on any atom is -0.319 e. The summed E-state index contributed by atoms with van der Waals surface area (Å²) in [6.45, 7) is 0.823. The number of halogens is 1. The minimum absolute atomic E-state index is 0.275. The second-order valence-corrected chi connectivity index (χ2v) is 3.83. The van der Waals surface area contributed by atoms with Crippen LogP contribution in [0.15, 0.2) is 24.3 Å². The first kappa shape index (κ1) is 11.7. The first-order valence-electron chi connectivity index (χ1n) is 5.52. The Morgan fingerprint density at radius 1 is 1.29 bits per heavy atom. The van der Waals surface area contributed by atoms with E-state index in [2.05, 4.69) is 15.5 Å². The SMILES string of the molecule is CNCCc1nnc(-c2ccccc2F)n1C. The predicted molar refractivity (Wildman–Crippen MR) is 64.0 cm³/mol. The van der Waals surface area contributed by atoms with E-state index >= 15 is 0 Å². The molecule has 1 N–H and O–H groups in total. The maximum absolute atomic E-state index is 13.6. The fourth-order valence-electron chi connectivity index (χ4n) is 1.69. The molecule has 17 heavy (non-hydrogen) atoms. The first-order chi connectivity index (χ1) is 8.24. The smallest absolute Gasteiger partial charge is 0.166 e. The van der Waals surface area contributed by atoms with Crippen LogP contribution in [0.5, 0.6) is 0 Å². The molecule has 2 aromatic rings. The second kappa shape index (κ2) is 5.05. The zero-order valence-corrected chi connectivity index (χ0v) is 9.94. The van der Waals surface area contributed by atoms with Crippen molar-refractivity contribution < 1.29 is 4.39 Å². The summed E-state index contributed by atoms with van der Waals surface area (Å²) >= 11 is 0. The third-order valence-electron chi connectivity index (χ3n) is 2.68. The molecular formula is C12H15FN4. The van der Waals surface area contributed by atoms with E-state index in [1.807, 2.05) is 18.7 Å². The van der Waals surface area contributed by atoms with Gasteiger partial charge in [0.1, 0.15) is 11.6 Å². The topological polar surface area (TPSA) is 42.7 Å². The van der Waals surface area contributed by atoms with E-state index in [1.165, 1.54) is 6.07 Å². The molecule has 0 aliphatic rings. The number of aromatic nitrogens is 3. The van der Waals surface area contributed by atoms with Crippen LogP contribution in [0.4, 0.5) is 4.39 Å². The zero-order chi connectivity index (χ0) is 12.3. The zero-order valence-electron chi connectivity index (χ0n) is 9.94. The van der Waals surface area contributed by atoms with E-state index < -0.39 is 0 Å². The number of hydrogen-bond acceptors (Lipinski definition) is 3. The minimum atomic E-state index is -0.275. The summed E-state index contributed by atoms with van der Waals surface area (Å²) < 4.78 is 15.5. The van der Waals surface area contributed by atoms with Gasteiger partial charge in [0.2, 0.25) is 0 Å². The fourth-order valence-corrected chi connectivity index (χ4v) is 1.69. The summed E-state index contributed by atoms with van der Waals surface area (Å²) in [6, 6.07) is 6.59. The van der Waals surface area contributed by atoms with Crippen LogP contribution in [0, 0.1) is 5.82 Å². The van der Waals surface area contributed by atoms with Crippen LogP contribution in [-0.2, 0) is 13.5 Å². The molecule has 0 saturated carbocycles. The van der Waals surface area contributed by atoms with Crippen molar-refractivity contribution in [1.82, 2.24) is 20.1 Å².